The topological polar surface area (TPSA) is 93.5 Å². The monoisotopic (exact) mass is 379 g/mol. The van der Waals surface area contributed by atoms with Crippen LogP contribution in [-0.2, 0) is 17.1 Å². The van der Waals surface area contributed by atoms with Crippen molar-refractivity contribution in [1.29, 1.82) is 0 Å². The van der Waals surface area contributed by atoms with E-state index >= 15 is 0 Å². The fourth-order valence-corrected chi connectivity index (χ4v) is 5.03. The second-order valence-corrected chi connectivity index (χ2v) is 8.70. The van der Waals surface area contributed by atoms with Crippen LogP contribution in [0.5, 0.6) is 5.75 Å². The number of sulfonamides is 1. The molecule has 8 heteroatoms. The Morgan fingerprint density at radius 1 is 1.31 bits per heavy atom. The summed E-state index contributed by atoms with van der Waals surface area (Å²) in [6, 6.07) is 2.94. The molecule has 1 aliphatic carbocycles. The van der Waals surface area contributed by atoms with Gasteiger partial charge >= 0.3 is 0 Å². The summed E-state index contributed by atoms with van der Waals surface area (Å²) in [5, 5.41) is 13.8. The first-order chi connectivity index (χ1) is 12.2. The summed E-state index contributed by atoms with van der Waals surface area (Å²) in [7, 11) is -0.451. The molecule has 1 aromatic carbocycles. The Kier molecular flexibility index (Phi) is 5.09. The molecule has 7 nitrogen and oxygen atoms in total. The maximum Gasteiger partial charge on any atom is 0.241 e. The van der Waals surface area contributed by atoms with Crippen molar-refractivity contribution in [3.05, 3.63) is 41.2 Å². The van der Waals surface area contributed by atoms with Crippen molar-refractivity contribution in [2.45, 2.75) is 43.7 Å². The van der Waals surface area contributed by atoms with Gasteiger partial charge in [0.2, 0.25) is 10.0 Å². The second kappa shape index (κ2) is 7.02. The van der Waals surface area contributed by atoms with Gasteiger partial charge in [0.05, 0.1) is 30.3 Å². The van der Waals surface area contributed by atoms with Crippen LogP contribution >= 0.6 is 0 Å². The number of hydrogen-bond acceptors (Lipinski definition) is 5. The highest BCUT2D eigenvalue weighted by Gasteiger charge is 2.38. The van der Waals surface area contributed by atoms with Crippen LogP contribution in [0, 0.1) is 19.8 Å². The summed E-state index contributed by atoms with van der Waals surface area (Å²) < 4.78 is 35.9. The van der Waals surface area contributed by atoms with Crippen LogP contribution in [0.4, 0.5) is 0 Å². The highest BCUT2D eigenvalue weighted by atomic mass is 32.2. The average molecular weight is 379 g/mol. The summed E-state index contributed by atoms with van der Waals surface area (Å²) in [5.41, 5.74) is 2.34. The molecule has 1 aromatic heterocycles. The van der Waals surface area contributed by atoms with Gasteiger partial charge in [-0.05, 0) is 43.7 Å². The van der Waals surface area contributed by atoms with Crippen LogP contribution in [0.25, 0.3) is 0 Å². The predicted octanol–water partition coefficient (Wildman–Crippen LogP) is 1.84. The number of nitrogens with zero attached hydrogens (tertiary/aromatic N) is 2. The van der Waals surface area contributed by atoms with Gasteiger partial charge in [0.25, 0.3) is 0 Å². The average Bonchev–Trinajstić information content (AvgIpc) is 2.96. The first-order valence-corrected chi connectivity index (χ1v) is 10.0. The fraction of sp³-hybridized carbons (Fsp3) is 0.500. The Hall–Kier alpha value is -1.90. The third kappa shape index (κ3) is 3.62. The van der Waals surface area contributed by atoms with E-state index in [2.05, 4.69) is 9.82 Å². The van der Waals surface area contributed by atoms with E-state index in [-0.39, 0.29) is 16.9 Å². The minimum atomic E-state index is -3.77. The molecule has 1 saturated carbocycles. The van der Waals surface area contributed by atoms with Crippen molar-refractivity contribution >= 4 is 10.0 Å². The van der Waals surface area contributed by atoms with Gasteiger partial charge in [0.1, 0.15) is 5.75 Å². The van der Waals surface area contributed by atoms with E-state index < -0.39 is 16.1 Å². The third-order valence-corrected chi connectivity index (χ3v) is 6.55. The Morgan fingerprint density at radius 3 is 2.54 bits per heavy atom. The van der Waals surface area contributed by atoms with Crippen molar-refractivity contribution < 1.29 is 18.3 Å². The number of ether oxygens (including phenoxy) is 1. The highest BCUT2D eigenvalue weighted by molar-refractivity contribution is 7.89. The molecule has 0 saturated heterocycles. The van der Waals surface area contributed by atoms with Crippen molar-refractivity contribution in [2.24, 2.45) is 13.0 Å². The quantitative estimate of drug-likeness (QED) is 0.799. The molecule has 0 bridgehead atoms. The van der Waals surface area contributed by atoms with E-state index in [0.29, 0.717) is 24.2 Å². The Morgan fingerprint density at radius 2 is 2.00 bits per heavy atom. The molecule has 3 rings (SSSR count). The van der Waals surface area contributed by atoms with Gasteiger partial charge in [-0.2, -0.15) is 5.10 Å². The molecular formula is C18H25N3O4S. The van der Waals surface area contributed by atoms with Crippen molar-refractivity contribution in [3.63, 3.8) is 0 Å². The lowest BCUT2D eigenvalue weighted by Gasteiger charge is -2.37. The Balaban J connectivity index is 1.95. The van der Waals surface area contributed by atoms with E-state index in [0.717, 1.165) is 11.1 Å². The number of nitrogens with one attached hydrogen (secondary N) is 1. The lowest BCUT2D eigenvalue weighted by molar-refractivity contribution is 0.0280. The minimum absolute atomic E-state index is 0.0385. The van der Waals surface area contributed by atoms with Crippen molar-refractivity contribution in [2.75, 3.05) is 7.11 Å². The van der Waals surface area contributed by atoms with Crippen LogP contribution in [0.15, 0.2) is 29.4 Å². The summed E-state index contributed by atoms with van der Waals surface area (Å²) in [4.78, 5) is 0.203. The van der Waals surface area contributed by atoms with E-state index in [4.69, 9.17) is 4.74 Å². The van der Waals surface area contributed by atoms with Crippen LogP contribution in [0.2, 0.25) is 0 Å². The maximum atomic E-state index is 13.1. The van der Waals surface area contributed by atoms with Gasteiger partial charge in [-0.15, -0.1) is 0 Å². The summed E-state index contributed by atoms with van der Waals surface area (Å²) >= 11 is 0. The minimum Gasteiger partial charge on any atom is -0.496 e. The zero-order chi connectivity index (χ0) is 19.1. The summed E-state index contributed by atoms with van der Waals surface area (Å²) in [6.07, 6.45) is 4.24. The van der Waals surface area contributed by atoms with Gasteiger partial charge in [-0.25, -0.2) is 13.1 Å². The van der Waals surface area contributed by atoms with Gasteiger partial charge in [-0.1, -0.05) is 6.07 Å². The highest BCUT2D eigenvalue weighted by Crippen LogP contribution is 2.39. The van der Waals surface area contributed by atoms with Crippen LogP contribution in [-0.4, -0.2) is 36.5 Å². The number of aliphatic hydroxyl groups excluding tert-OH is 1. The molecular weight excluding hydrogens is 354 g/mol. The molecule has 2 N–H and O–H groups in total. The molecule has 0 spiro atoms. The second-order valence-electron chi connectivity index (χ2n) is 7.02. The molecule has 1 heterocycles. The smallest absolute Gasteiger partial charge is 0.241 e. The number of aliphatic hydroxyl groups is 1. The molecule has 0 radical (unpaired) electrons. The SMILES string of the molecule is COc1cc(S(=O)(=O)NC(c2cnn(C)c2)C2CC(O)C2)c(C)cc1C. The molecule has 0 amide bonds. The number of aryl methyl sites for hydroxylation is 3. The van der Waals surface area contributed by atoms with Crippen molar-refractivity contribution in [3.8, 4) is 5.75 Å². The van der Waals surface area contributed by atoms with Crippen LogP contribution in [0.1, 0.15) is 35.6 Å². The lowest BCUT2D eigenvalue weighted by atomic mass is 9.76. The van der Waals surface area contributed by atoms with Crippen LogP contribution < -0.4 is 9.46 Å². The largest absolute Gasteiger partial charge is 0.496 e. The number of benzene rings is 1. The van der Waals surface area contributed by atoms with E-state index in [9.17, 15) is 13.5 Å². The first kappa shape index (κ1) is 18.9. The molecule has 1 aliphatic rings. The van der Waals surface area contributed by atoms with Crippen molar-refractivity contribution in [1.82, 2.24) is 14.5 Å². The summed E-state index contributed by atoms with van der Waals surface area (Å²) in [5.74, 6) is 0.574. The lowest BCUT2D eigenvalue weighted by Crippen LogP contribution is -2.41. The van der Waals surface area contributed by atoms with Gasteiger partial charge in [0.15, 0.2) is 0 Å². The number of hydrogen-bond donors (Lipinski definition) is 2. The molecule has 142 valence electrons. The molecule has 2 aromatic rings. The predicted molar refractivity (Wildman–Crippen MR) is 97.5 cm³/mol. The molecule has 26 heavy (non-hydrogen) atoms. The van der Waals surface area contributed by atoms with Gasteiger partial charge in [-0.3, -0.25) is 4.68 Å². The Bertz CT molecular complexity index is 901. The normalized spacial score (nSPS) is 21.3. The molecule has 0 aliphatic heterocycles. The number of methoxy groups -OCH3 is 1. The summed E-state index contributed by atoms with van der Waals surface area (Å²) in [6.45, 7) is 3.65. The van der Waals surface area contributed by atoms with E-state index in [1.165, 1.54) is 7.11 Å². The number of aromatic nitrogens is 2. The molecule has 1 unspecified atom stereocenters. The third-order valence-electron chi connectivity index (χ3n) is 4.97. The van der Waals surface area contributed by atoms with E-state index in [1.807, 2.05) is 6.92 Å². The standard InChI is InChI=1S/C18H25N3O4S/c1-11-5-12(2)17(8-16(11)25-4)26(23,24)20-18(13-6-15(22)7-13)14-9-19-21(3)10-14/h5,8-10,13,15,18,20,22H,6-7H2,1-4H3. The fourth-order valence-electron chi connectivity index (χ4n) is 3.49. The molecule has 1 atom stereocenters. The Labute approximate surface area is 154 Å². The molecule has 1 fully saturated rings. The first-order valence-electron chi connectivity index (χ1n) is 8.55. The van der Waals surface area contributed by atoms with Crippen LogP contribution in [0.3, 0.4) is 0 Å². The van der Waals surface area contributed by atoms with E-state index in [1.54, 1.807) is 43.2 Å². The maximum absolute atomic E-state index is 13.1. The van der Waals surface area contributed by atoms with Gasteiger partial charge < -0.3 is 9.84 Å². The van der Waals surface area contributed by atoms with Gasteiger partial charge in [0, 0.05) is 24.9 Å². The zero-order valence-corrected chi connectivity index (χ0v) is 16.2. The number of rotatable bonds is 6. The zero-order valence-electron chi connectivity index (χ0n) is 15.4.